The Morgan fingerprint density at radius 2 is 1.96 bits per heavy atom. The van der Waals surface area contributed by atoms with E-state index in [9.17, 15) is 17.6 Å². The number of rotatable bonds is 4. The maximum atomic E-state index is 16.6. The predicted octanol–water partition coefficient (Wildman–Crippen LogP) is 4.69. The van der Waals surface area contributed by atoms with Crippen LogP contribution in [0.3, 0.4) is 0 Å². The second-order valence-corrected chi connectivity index (χ2v) is 12.4. The third-order valence-electron chi connectivity index (χ3n) is 9.30. The summed E-state index contributed by atoms with van der Waals surface area (Å²) in [6, 6.07) is 0.510. The third kappa shape index (κ3) is 5.37. The number of anilines is 2. The van der Waals surface area contributed by atoms with E-state index in [-0.39, 0.29) is 78.8 Å². The van der Waals surface area contributed by atoms with Crippen LogP contribution in [-0.2, 0) is 6.18 Å². The van der Waals surface area contributed by atoms with E-state index in [4.69, 9.17) is 15.2 Å². The van der Waals surface area contributed by atoms with Gasteiger partial charge in [-0.2, -0.15) is 23.1 Å². The largest absolute Gasteiger partial charge is 0.487 e. The first-order valence-electron chi connectivity index (χ1n) is 15.2. The van der Waals surface area contributed by atoms with Gasteiger partial charge in [0.2, 0.25) is 0 Å². The lowest BCUT2D eigenvalue weighted by molar-refractivity contribution is -0.137. The van der Waals surface area contributed by atoms with E-state index in [1.54, 1.807) is 0 Å². The van der Waals surface area contributed by atoms with Crippen molar-refractivity contribution >= 4 is 22.5 Å². The monoisotopic (exact) mass is 637 g/mol. The quantitative estimate of drug-likeness (QED) is 0.351. The number of aromatic nitrogens is 3. The average Bonchev–Trinajstić information content (AvgIpc) is 3.26. The number of halogens is 6. The molecule has 2 bridgehead atoms. The molecule has 0 spiro atoms. The number of pyridine rings is 1. The van der Waals surface area contributed by atoms with E-state index < -0.39 is 52.1 Å². The zero-order valence-electron chi connectivity index (χ0n) is 24.5. The molecule has 0 aliphatic carbocycles. The smallest absolute Gasteiger partial charge is 0.418 e. The van der Waals surface area contributed by atoms with Crippen LogP contribution in [0, 0.1) is 24.5 Å². The minimum absolute atomic E-state index is 0.0279. The summed E-state index contributed by atoms with van der Waals surface area (Å²) in [5.41, 5.74) is 1.60. The predicted molar refractivity (Wildman–Crippen MR) is 154 cm³/mol. The number of hydrogen-bond acceptors (Lipinski definition) is 9. The molecule has 45 heavy (non-hydrogen) atoms. The number of alkyl halides is 4. The molecule has 1 aromatic carbocycles. The lowest BCUT2D eigenvalue weighted by Crippen LogP contribution is -2.60. The molecule has 0 saturated carbocycles. The van der Waals surface area contributed by atoms with Crippen LogP contribution in [0.5, 0.6) is 11.8 Å². The van der Waals surface area contributed by atoms with Gasteiger partial charge < -0.3 is 30.7 Å². The van der Waals surface area contributed by atoms with Gasteiger partial charge in [-0.3, -0.25) is 0 Å². The van der Waals surface area contributed by atoms with Crippen LogP contribution in [0.1, 0.15) is 43.2 Å². The maximum absolute atomic E-state index is 16.6. The molecule has 4 aliphatic rings. The second-order valence-electron chi connectivity index (χ2n) is 12.4. The number of nitrogen functional groups attached to an aromatic ring is 1. The summed E-state index contributed by atoms with van der Waals surface area (Å²) < 4.78 is 102. The number of nitrogens with zero attached hydrogens (tertiary/aromatic N) is 4. The molecule has 4 N–H and O–H groups in total. The van der Waals surface area contributed by atoms with Gasteiger partial charge in [-0.25, -0.2) is 18.2 Å². The molecule has 5 unspecified atom stereocenters. The normalized spacial score (nSPS) is 26.6. The fourth-order valence-electron chi connectivity index (χ4n) is 7.27. The Hall–Kier alpha value is -3.59. The lowest BCUT2D eigenvalue weighted by atomic mass is 9.96. The highest BCUT2D eigenvalue weighted by molar-refractivity contribution is 5.99. The summed E-state index contributed by atoms with van der Waals surface area (Å²) in [5, 5.41) is 6.48. The van der Waals surface area contributed by atoms with E-state index in [2.05, 4.69) is 25.6 Å². The summed E-state index contributed by atoms with van der Waals surface area (Å²) in [6.07, 6.45) is -2.61. The number of nitrogens with two attached hydrogens (primary N) is 1. The lowest BCUT2D eigenvalue weighted by Gasteiger charge is -2.40. The van der Waals surface area contributed by atoms with Crippen molar-refractivity contribution in [2.45, 2.75) is 69.5 Å². The molecular weight excluding hydrogens is 604 g/mol. The van der Waals surface area contributed by atoms with Crippen LogP contribution in [0.25, 0.3) is 22.2 Å². The number of nitrogens with one attached hydrogen (secondary N) is 2. The van der Waals surface area contributed by atoms with Gasteiger partial charge in [0.1, 0.15) is 29.9 Å². The van der Waals surface area contributed by atoms with Crippen molar-refractivity contribution in [1.82, 2.24) is 25.6 Å². The molecule has 0 amide bonds. The SMILES string of the molecule is Cc1cc(N)nc(-c2c(F)c3c4c(nc(OCC5CCCNCC(F)C5)nc4c2F)N2CC4CCC(N4)C2CO3)c1C(F)(F)F. The Morgan fingerprint density at radius 3 is 2.76 bits per heavy atom. The Morgan fingerprint density at radius 1 is 1.13 bits per heavy atom. The minimum Gasteiger partial charge on any atom is -0.487 e. The first-order chi connectivity index (χ1) is 21.5. The van der Waals surface area contributed by atoms with Gasteiger partial charge in [-0.05, 0) is 63.1 Å². The fraction of sp³-hybridized carbons (Fsp3) is 0.567. The van der Waals surface area contributed by atoms with Crippen molar-refractivity contribution in [3.63, 3.8) is 0 Å². The molecule has 3 saturated heterocycles. The van der Waals surface area contributed by atoms with Crippen LogP contribution in [0.2, 0.25) is 0 Å². The molecule has 0 radical (unpaired) electrons. The summed E-state index contributed by atoms with van der Waals surface area (Å²) in [7, 11) is 0. The first-order valence-corrected chi connectivity index (χ1v) is 15.2. The standard InChI is InChI=1S/C30H33F6N7O2/c1-13-7-19(37)40-25(22(13)30(34,35)36)20-23(32)26-21-27(24(20)33)44-12-18-17-5-4-16(39-17)10-43(18)28(21)42-29(41-26)45-11-14-3-2-6-38-9-15(31)8-14/h7,14-18,38-39H,2-6,8-12H2,1H3,(H2,37,40). The van der Waals surface area contributed by atoms with Crippen molar-refractivity contribution in [1.29, 1.82) is 0 Å². The van der Waals surface area contributed by atoms with Crippen molar-refractivity contribution in [2.75, 3.05) is 43.5 Å². The van der Waals surface area contributed by atoms with Crippen LogP contribution in [0.15, 0.2) is 6.07 Å². The van der Waals surface area contributed by atoms with E-state index in [1.807, 2.05) is 4.90 Å². The molecule has 9 nitrogen and oxygen atoms in total. The van der Waals surface area contributed by atoms with Gasteiger partial charge in [0, 0.05) is 25.2 Å². The summed E-state index contributed by atoms with van der Waals surface area (Å²) in [5.74, 6) is -3.51. The van der Waals surface area contributed by atoms with E-state index >= 15 is 8.78 Å². The Labute approximate surface area is 254 Å². The molecule has 3 fully saturated rings. The molecular formula is C30H33F6N7O2. The second kappa shape index (κ2) is 11.3. The number of fused-ring (bicyclic) bond motifs is 5. The van der Waals surface area contributed by atoms with Crippen LogP contribution >= 0.6 is 0 Å². The van der Waals surface area contributed by atoms with Crippen LogP contribution in [-0.4, -0.2) is 72.1 Å². The Bertz CT molecular complexity index is 1640. The van der Waals surface area contributed by atoms with Crippen molar-refractivity contribution in [3.8, 4) is 23.0 Å². The van der Waals surface area contributed by atoms with Gasteiger partial charge in [0.25, 0.3) is 0 Å². The van der Waals surface area contributed by atoms with Crippen molar-refractivity contribution in [2.24, 2.45) is 5.92 Å². The highest BCUT2D eigenvalue weighted by Crippen LogP contribution is 2.48. The molecule has 3 aromatic rings. The van der Waals surface area contributed by atoms with Gasteiger partial charge in [-0.15, -0.1) is 0 Å². The molecule has 4 aliphatic heterocycles. The molecule has 6 heterocycles. The van der Waals surface area contributed by atoms with E-state index in [0.717, 1.165) is 32.3 Å². The molecule has 2 aromatic heterocycles. The third-order valence-corrected chi connectivity index (χ3v) is 9.30. The Kier molecular flexibility index (Phi) is 7.58. The zero-order valence-corrected chi connectivity index (χ0v) is 24.5. The first kappa shape index (κ1) is 30.1. The van der Waals surface area contributed by atoms with E-state index in [0.29, 0.717) is 19.5 Å². The molecule has 5 atom stereocenters. The highest BCUT2D eigenvalue weighted by atomic mass is 19.4. The van der Waals surface area contributed by atoms with Crippen molar-refractivity contribution < 1.29 is 35.8 Å². The van der Waals surface area contributed by atoms with Gasteiger partial charge in [-0.1, -0.05) is 0 Å². The summed E-state index contributed by atoms with van der Waals surface area (Å²) >= 11 is 0. The maximum Gasteiger partial charge on any atom is 0.418 e. The van der Waals surface area contributed by atoms with Crippen molar-refractivity contribution in [3.05, 3.63) is 28.8 Å². The van der Waals surface area contributed by atoms with Gasteiger partial charge >= 0.3 is 12.2 Å². The van der Waals surface area contributed by atoms with Crippen LogP contribution < -0.4 is 30.7 Å². The van der Waals surface area contributed by atoms with Crippen LogP contribution in [0.4, 0.5) is 38.0 Å². The average molecular weight is 638 g/mol. The number of piperazine rings is 1. The van der Waals surface area contributed by atoms with E-state index in [1.165, 1.54) is 0 Å². The highest BCUT2D eigenvalue weighted by Gasteiger charge is 2.45. The molecule has 7 rings (SSSR count). The number of aryl methyl sites for hydroxylation is 1. The Balaban J connectivity index is 1.41. The summed E-state index contributed by atoms with van der Waals surface area (Å²) in [4.78, 5) is 14.6. The fourth-order valence-corrected chi connectivity index (χ4v) is 7.27. The van der Waals surface area contributed by atoms with Gasteiger partial charge in [0.05, 0.1) is 34.9 Å². The topological polar surface area (TPSA) is 110 Å². The van der Waals surface area contributed by atoms with Gasteiger partial charge in [0.15, 0.2) is 17.4 Å². The summed E-state index contributed by atoms with van der Waals surface area (Å²) in [6.45, 7) is 2.53. The number of hydrogen-bond donors (Lipinski definition) is 3. The zero-order chi connectivity index (χ0) is 31.6. The number of ether oxygens (including phenoxy) is 2. The number of benzene rings is 1. The molecule has 242 valence electrons. The molecule has 15 heteroatoms. The minimum atomic E-state index is -5.00.